The van der Waals surface area contributed by atoms with Gasteiger partial charge in [0.2, 0.25) is 0 Å². The Balaban J connectivity index is 1.61. The summed E-state index contributed by atoms with van der Waals surface area (Å²) in [5, 5.41) is 2.34. The number of nitrogens with one attached hydrogen (secondary N) is 1. The lowest BCUT2D eigenvalue weighted by Gasteiger charge is -2.05. The highest BCUT2D eigenvalue weighted by Gasteiger charge is 2.27. The highest BCUT2D eigenvalue weighted by Crippen LogP contribution is 2.14. The number of unbranched alkanes of at least 4 members (excludes halogenated alkanes) is 15. The topological polar surface area (TPSA) is 15.0 Å². The number of rotatable bonds is 18. The summed E-state index contributed by atoms with van der Waals surface area (Å²) in [7, 11) is 0. The molecule has 0 aromatic carbocycles. The van der Waals surface area contributed by atoms with Gasteiger partial charge in [0, 0.05) is 19.1 Å². The Morgan fingerprint density at radius 3 is 1.35 bits per heavy atom. The summed E-state index contributed by atoms with van der Waals surface area (Å²) in [6.07, 6.45) is 23.2. The van der Waals surface area contributed by atoms with Gasteiger partial charge in [0.05, 0.1) is 0 Å². The van der Waals surface area contributed by atoms with Gasteiger partial charge in [-0.25, -0.2) is 5.01 Å². The van der Waals surface area contributed by atoms with E-state index in [1.807, 2.05) is 0 Å². The van der Waals surface area contributed by atoms with Crippen molar-refractivity contribution in [3.05, 3.63) is 0 Å². The van der Waals surface area contributed by atoms with Crippen molar-refractivity contribution in [1.29, 1.82) is 0 Å². The third-order valence-electron chi connectivity index (χ3n) is 5.20. The maximum Gasteiger partial charge on any atom is 0.0357 e. The van der Waals surface area contributed by atoms with Gasteiger partial charge >= 0.3 is 0 Å². The third kappa shape index (κ3) is 14.0. The highest BCUT2D eigenvalue weighted by molar-refractivity contribution is 4.80. The zero-order chi connectivity index (χ0) is 16.6. The van der Waals surface area contributed by atoms with E-state index in [9.17, 15) is 0 Å². The van der Waals surface area contributed by atoms with E-state index in [1.165, 1.54) is 116 Å². The largest absolute Gasteiger partial charge is 0.255 e. The second kappa shape index (κ2) is 15.4. The van der Waals surface area contributed by atoms with E-state index in [0.29, 0.717) is 0 Å². The minimum absolute atomic E-state index is 0.788. The van der Waals surface area contributed by atoms with Crippen LogP contribution in [0.15, 0.2) is 0 Å². The number of hydrogen-bond donors (Lipinski definition) is 1. The van der Waals surface area contributed by atoms with Gasteiger partial charge < -0.3 is 0 Å². The molecular formula is C21H44N2. The molecule has 1 rings (SSSR count). The summed E-state index contributed by atoms with van der Waals surface area (Å²) < 4.78 is 0. The van der Waals surface area contributed by atoms with E-state index in [4.69, 9.17) is 0 Å². The molecule has 0 aromatic heterocycles. The van der Waals surface area contributed by atoms with Gasteiger partial charge in [-0.1, -0.05) is 103 Å². The molecule has 1 saturated heterocycles. The van der Waals surface area contributed by atoms with Crippen molar-refractivity contribution in [2.45, 2.75) is 123 Å². The predicted molar refractivity (Wildman–Crippen MR) is 104 cm³/mol. The van der Waals surface area contributed by atoms with Gasteiger partial charge in [-0.3, -0.25) is 5.43 Å². The minimum Gasteiger partial charge on any atom is -0.255 e. The monoisotopic (exact) mass is 324 g/mol. The molecule has 23 heavy (non-hydrogen) atoms. The SMILES string of the molecule is CCCCCCCCCCCCCCCCCCNN1CC1C. The van der Waals surface area contributed by atoms with Crippen LogP contribution in [0.5, 0.6) is 0 Å². The number of nitrogens with zero attached hydrogens (tertiary/aromatic N) is 1. The molecule has 0 aromatic rings. The summed E-state index contributed by atoms with van der Waals surface area (Å²) in [4.78, 5) is 0. The molecule has 0 spiro atoms. The molecule has 0 saturated carbocycles. The zero-order valence-corrected chi connectivity index (χ0v) is 16.3. The van der Waals surface area contributed by atoms with Gasteiger partial charge in [0.15, 0.2) is 0 Å². The fraction of sp³-hybridized carbons (Fsp3) is 1.00. The van der Waals surface area contributed by atoms with Crippen LogP contribution in [0, 0.1) is 0 Å². The van der Waals surface area contributed by atoms with Gasteiger partial charge in [-0.15, -0.1) is 0 Å². The minimum atomic E-state index is 0.788. The molecule has 1 heterocycles. The summed E-state index contributed by atoms with van der Waals surface area (Å²) >= 11 is 0. The Morgan fingerprint density at radius 2 is 1.00 bits per heavy atom. The van der Waals surface area contributed by atoms with E-state index in [1.54, 1.807) is 0 Å². The Hall–Kier alpha value is -0.0800. The molecule has 1 aliphatic heterocycles. The van der Waals surface area contributed by atoms with Gasteiger partial charge in [-0.2, -0.15) is 0 Å². The molecule has 0 aliphatic carbocycles. The Labute approximate surface area is 146 Å². The van der Waals surface area contributed by atoms with Crippen molar-refractivity contribution >= 4 is 0 Å². The second-order valence-electron chi connectivity index (χ2n) is 7.71. The van der Waals surface area contributed by atoms with Crippen LogP contribution in [0.4, 0.5) is 0 Å². The number of hydrazine groups is 1. The normalized spacial score (nSPS) is 20.1. The van der Waals surface area contributed by atoms with E-state index in [2.05, 4.69) is 24.3 Å². The third-order valence-corrected chi connectivity index (χ3v) is 5.20. The van der Waals surface area contributed by atoms with Crippen LogP contribution in [0.2, 0.25) is 0 Å². The lowest BCUT2D eigenvalue weighted by atomic mass is 10.0. The first-order chi connectivity index (χ1) is 11.3. The van der Waals surface area contributed by atoms with Crippen molar-refractivity contribution in [3.8, 4) is 0 Å². The van der Waals surface area contributed by atoms with E-state index in [0.717, 1.165) is 6.04 Å². The molecule has 2 heteroatoms. The average molecular weight is 325 g/mol. The van der Waals surface area contributed by atoms with E-state index in [-0.39, 0.29) is 0 Å². The van der Waals surface area contributed by atoms with E-state index < -0.39 is 0 Å². The van der Waals surface area contributed by atoms with Crippen LogP contribution in [-0.2, 0) is 0 Å². The fourth-order valence-electron chi connectivity index (χ4n) is 3.35. The molecule has 2 unspecified atom stereocenters. The van der Waals surface area contributed by atoms with Gasteiger partial charge in [0.1, 0.15) is 0 Å². The van der Waals surface area contributed by atoms with Crippen molar-refractivity contribution in [2.24, 2.45) is 0 Å². The molecule has 1 N–H and O–H groups in total. The standard InChI is InChI=1S/C21H44N2/c1-3-4-5-6-7-8-9-10-11-12-13-14-15-16-17-18-19-22-23-20-21(23)2/h21-22H,3-20H2,1-2H3. The second-order valence-corrected chi connectivity index (χ2v) is 7.71. The molecule has 1 aliphatic rings. The first-order valence-electron chi connectivity index (χ1n) is 10.8. The summed E-state index contributed by atoms with van der Waals surface area (Å²) in [6, 6.07) is 0.788. The molecular weight excluding hydrogens is 280 g/mol. The van der Waals surface area contributed by atoms with Crippen LogP contribution >= 0.6 is 0 Å². The molecule has 0 bridgehead atoms. The van der Waals surface area contributed by atoms with Crippen LogP contribution in [-0.4, -0.2) is 24.1 Å². The summed E-state index contributed by atoms with van der Waals surface area (Å²) in [5.41, 5.74) is 3.49. The fourth-order valence-corrected chi connectivity index (χ4v) is 3.35. The average Bonchev–Trinajstić information content (AvgIpc) is 3.26. The molecule has 0 amide bonds. The lowest BCUT2D eigenvalue weighted by Crippen LogP contribution is -2.23. The smallest absolute Gasteiger partial charge is 0.0357 e. The molecule has 0 radical (unpaired) electrons. The molecule has 1 fully saturated rings. The maximum absolute atomic E-state index is 3.49. The Kier molecular flexibility index (Phi) is 14.1. The summed E-state index contributed by atoms with van der Waals surface area (Å²) in [6.45, 7) is 7.01. The van der Waals surface area contributed by atoms with Crippen LogP contribution < -0.4 is 5.43 Å². The Bertz CT molecular complexity index is 242. The zero-order valence-electron chi connectivity index (χ0n) is 16.3. The van der Waals surface area contributed by atoms with Crippen molar-refractivity contribution < 1.29 is 0 Å². The molecule has 138 valence electrons. The first-order valence-corrected chi connectivity index (χ1v) is 10.8. The maximum atomic E-state index is 3.49. The van der Waals surface area contributed by atoms with Crippen LogP contribution in [0.3, 0.4) is 0 Å². The summed E-state index contributed by atoms with van der Waals surface area (Å²) in [5.74, 6) is 0. The van der Waals surface area contributed by atoms with Crippen molar-refractivity contribution in [3.63, 3.8) is 0 Å². The van der Waals surface area contributed by atoms with Crippen molar-refractivity contribution in [1.82, 2.24) is 10.4 Å². The first kappa shape index (κ1) is 21.0. The van der Waals surface area contributed by atoms with Gasteiger partial charge in [0.25, 0.3) is 0 Å². The lowest BCUT2D eigenvalue weighted by molar-refractivity contribution is 0.368. The molecule has 2 atom stereocenters. The molecule has 2 nitrogen and oxygen atoms in total. The van der Waals surface area contributed by atoms with Crippen molar-refractivity contribution in [2.75, 3.05) is 13.1 Å². The Morgan fingerprint density at radius 1 is 0.652 bits per heavy atom. The van der Waals surface area contributed by atoms with Crippen LogP contribution in [0.25, 0.3) is 0 Å². The quantitative estimate of drug-likeness (QED) is 0.230. The van der Waals surface area contributed by atoms with Gasteiger partial charge in [-0.05, 0) is 13.3 Å². The van der Waals surface area contributed by atoms with Crippen LogP contribution in [0.1, 0.15) is 117 Å². The predicted octanol–water partition coefficient (Wildman–Crippen LogP) is 6.46. The number of hydrogen-bond acceptors (Lipinski definition) is 2. The highest BCUT2D eigenvalue weighted by atomic mass is 15.6. The van der Waals surface area contributed by atoms with E-state index >= 15 is 0 Å².